The number of aliphatic imine (C=N–C) groups is 1. The number of fused-ring (bicyclic) bond motifs is 1. The molecule has 1 aliphatic rings. The van der Waals surface area contributed by atoms with Crippen molar-refractivity contribution in [3.05, 3.63) is 11.6 Å². The van der Waals surface area contributed by atoms with E-state index in [1.165, 1.54) is 0 Å². The number of hydrogen-bond acceptors (Lipinski definition) is 5. The molecule has 1 aromatic rings. The largest absolute Gasteiger partial charge is 0.444 e. The van der Waals surface area contributed by atoms with Crippen LogP contribution < -0.4 is 16.0 Å². The van der Waals surface area contributed by atoms with Crippen molar-refractivity contribution in [1.29, 1.82) is 0 Å². The predicted octanol–water partition coefficient (Wildman–Crippen LogP) is 2.49. The smallest absolute Gasteiger partial charge is 0.407 e. The molecular formula is C20H38IN7O2. The number of aromatic nitrogens is 3. The summed E-state index contributed by atoms with van der Waals surface area (Å²) in [7, 11) is 1.75. The standard InChI is InChI=1S/C20H37N7O2.HI/c1-8-16-25-17-10-9-14(12-27(17)26-16)23-18(21-7)22-11-15(13(2)3)24-19(28)29-20(4,5)6;/h13-15H,8-12H2,1-7H3,(H,24,28)(H2,21,22,23);1H. The van der Waals surface area contributed by atoms with Gasteiger partial charge in [-0.1, -0.05) is 20.8 Å². The van der Waals surface area contributed by atoms with E-state index in [4.69, 9.17) is 4.74 Å². The number of guanidine groups is 1. The van der Waals surface area contributed by atoms with Crippen molar-refractivity contribution in [2.45, 2.75) is 85.0 Å². The van der Waals surface area contributed by atoms with Gasteiger partial charge in [-0.25, -0.2) is 14.5 Å². The van der Waals surface area contributed by atoms with Crippen molar-refractivity contribution in [2.24, 2.45) is 10.9 Å². The summed E-state index contributed by atoms with van der Waals surface area (Å²) >= 11 is 0. The van der Waals surface area contributed by atoms with Crippen molar-refractivity contribution in [3.8, 4) is 0 Å². The van der Waals surface area contributed by atoms with Crippen molar-refractivity contribution < 1.29 is 9.53 Å². The number of nitrogens with one attached hydrogen (secondary N) is 3. The van der Waals surface area contributed by atoms with Crippen LogP contribution in [0.15, 0.2) is 4.99 Å². The first-order chi connectivity index (χ1) is 13.6. The summed E-state index contributed by atoms with van der Waals surface area (Å²) in [5.41, 5.74) is -0.518. The quantitative estimate of drug-likeness (QED) is 0.294. The highest BCUT2D eigenvalue weighted by atomic mass is 127. The third-order valence-corrected chi connectivity index (χ3v) is 4.78. The molecule has 30 heavy (non-hydrogen) atoms. The Morgan fingerprint density at radius 1 is 1.37 bits per heavy atom. The van der Waals surface area contributed by atoms with Gasteiger partial charge >= 0.3 is 6.09 Å². The molecule has 1 aliphatic heterocycles. The zero-order valence-corrected chi connectivity index (χ0v) is 21.6. The van der Waals surface area contributed by atoms with E-state index in [9.17, 15) is 4.79 Å². The molecule has 1 aromatic heterocycles. The monoisotopic (exact) mass is 535 g/mol. The second kappa shape index (κ2) is 11.7. The Balaban J connectivity index is 0.00000450. The lowest BCUT2D eigenvalue weighted by atomic mass is 10.0. The maximum atomic E-state index is 12.1. The third kappa shape index (κ3) is 8.27. The van der Waals surface area contributed by atoms with Gasteiger partial charge in [0, 0.05) is 32.5 Å². The minimum atomic E-state index is -0.518. The number of nitrogens with zero attached hydrogens (tertiary/aromatic N) is 4. The van der Waals surface area contributed by atoms with Crippen molar-refractivity contribution in [1.82, 2.24) is 30.7 Å². The Kier molecular flexibility index (Phi) is 10.3. The number of hydrogen-bond donors (Lipinski definition) is 3. The second-order valence-electron chi connectivity index (χ2n) is 8.81. The number of halogens is 1. The maximum absolute atomic E-state index is 12.1. The molecule has 0 saturated heterocycles. The van der Waals surface area contributed by atoms with Gasteiger partial charge in [0.1, 0.15) is 11.4 Å². The minimum Gasteiger partial charge on any atom is -0.444 e. The Hall–Kier alpha value is -1.59. The first-order valence-corrected chi connectivity index (χ1v) is 10.5. The van der Waals surface area contributed by atoms with Gasteiger partial charge in [0.05, 0.1) is 12.6 Å². The molecule has 0 aromatic carbocycles. The molecule has 0 radical (unpaired) electrons. The average Bonchev–Trinajstić information content (AvgIpc) is 3.04. The fourth-order valence-corrected chi connectivity index (χ4v) is 3.14. The summed E-state index contributed by atoms with van der Waals surface area (Å²) in [6.45, 7) is 13.1. The van der Waals surface area contributed by atoms with Crippen LogP contribution in [0.2, 0.25) is 0 Å². The van der Waals surface area contributed by atoms with Crippen LogP contribution in [-0.2, 0) is 24.1 Å². The van der Waals surface area contributed by atoms with Crippen LogP contribution in [0.4, 0.5) is 4.79 Å². The van der Waals surface area contributed by atoms with Crippen LogP contribution in [0.5, 0.6) is 0 Å². The number of amides is 1. The fourth-order valence-electron chi connectivity index (χ4n) is 3.14. The van der Waals surface area contributed by atoms with E-state index in [2.05, 4.69) is 51.8 Å². The van der Waals surface area contributed by atoms with E-state index in [0.717, 1.165) is 37.5 Å². The first-order valence-electron chi connectivity index (χ1n) is 10.5. The summed E-state index contributed by atoms with van der Waals surface area (Å²) in [4.78, 5) is 21.0. The van der Waals surface area contributed by atoms with Gasteiger partial charge in [0.15, 0.2) is 11.8 Å². The van der Waals surface area contributed by atoms with Crippen LogP contribution in [0.1, 0.15) is 59.6 Å². The molecule has 172 valence electrons. The van der Waals surface area contributed by atoms with Gasteiger partial charge in [-0.05, 0) is 33.1 Å². The summed E-state index contributed by atoms with van der Waals surface area (Å²) < 4.78 is 7.37. The molecular weight excluding hydrogens is 497 g/mol. The number of alkyl carbamates (subject to hydrolysis) is 1. The molecule has 2 atom stereocenters. The number of carbonyl (C=O) groups is 1. The minimum absolute atomic E-state index is 0. The summed E-state index contributed by atoms with van der Waals surface area (Å²) in [5, 5.41) is 14.3. The molecule has 9 nitrogen and oxygen atoms in total. The normalized spacial score (nSPS) is 17.6. The highest BCUT2D eigenvalue weighted by Gasteiger charge is 2.24. The number of rotatable bonds is 6. The molecule has 2 unspecified atom stereocenters. The molecule has 3 N–H and O–H groups in total. The molecule has 0 fully saturated rings. The van der Waals surface area contributed by atoms with E-state index in [1.54, 1.807) is 7.05 Å². The van der Waals surface area contributed by atoms with Crippen LogP contribution in [-0.4, -0.2) is 58.1 Å². The Morgan fingerprint density at radius 2 is 2.07 bits per heavy atom. The van der Waals surface area contributed by atoms with Gasteiger partial charge in [-0.3, -0.25) is 4.99 Å². The van der Waals surface area contributed by atoms with Gasteiger partial charge in [0.2, 0.25) is 0 Å². The van der Waals surface area contributed by atoms with Gasteiger partial charge in [0.25, 0.3) is 0 Å². The van der Waals surface area contributed by atoms with Gasteiger partial charge in [-0.15, -0.1) is 24.0 Å². The Bertz CT molecular complexity index is 712. The third-order valence-electron chi connectivity index (χ3n) is 4.78. The lowest BCUT2D eigenvalue weighted by Gasteiger charge is -2.28. The molecule has 0 bridgehead atoms. The van der Waals surface area contributed by atoms with Crippen LogP contribution in [0.3, 0.4) is 0 Å². The van der Waals surface area contributed by atoms with E-state index >= 15 is 0 Å². The first kappa shape index (κ1) is 26.4. The van der Waals surface area contributed by atoms with Crippen LogP contribution in [0, 0.1) is 5.92 Å². The summed E-state index contributed by atoms with van der Waals surface area (Å²) in [6.07, 6.45) is 2.32. The molecule has 2 rings (SSSR count). The second-order valence-corrected chi connectivity index (χ2v) is 8.81. The lowest BCUT2D eigenvalue weighted by Crippen LogP contribution is -2.52. The average molecular weight is 535 g/mol. The molecule has 0 spiro atoms. The van der Waals surface area contributed by atoms with E-state index in [1.807, 2.05) is 25.5 Å². The lowest BCUT2D eigenvalue weighted by molar-refractivity contribution is 0.0491. The molecule has 2 heterocycles. The zero-order chi connectivity index (χ0) is 21.6. The number of aryl methyl sites for hydroxylation is 2. The molecule has 0 aliphatic carbocycles. The van der Waals surface area contributed by atoms with E-state index in [0.29, 0.717) is 12.5 Å². The summed E-state index contributed by atoms with van der Waals surface area (Å²) in [6, 6.07) is 0.153. The molecule has 1 amide bonds. The Labute approximate surface area is 197 Å². The van der Waals surface area contributed by atoms with Crippen LogP contribution >= 0.6 is 24.0 Å². The predicted molar refractivity (Wildman–Crippen MR) is 129 cm³/mol. The Morgan fingerprint density at radius 3 is 2.63 bits per heavy atom. The SMILES string of the molecule is CCc1nc2n(n1)CC(NC(=NC)NCC(NC(=O)OC(C)(C)C)C(C)C)CC2.I. The zero-order valence-electron chi connectivity index (χ0n) is 19.3. The van der Waals surface area contributed by atoms with E-state index < -0.39 is 11.7 Å². The molecule has 0 saturated carbocycles. The fraction of sp³-hybridized carbons (Fsp3) is 0.800. The maximum Gasteiger partial charge on any atom is 0.407 e. The van der Waals surface area contributed by atoms with Gasteiger partial charge in [-0.2, -0.15) is 5.10 Å². The van der Waals surface area contributed by atoms with E-state index in [-0.39, 0.29) is 42.0 Å². The molecule has 10 heteroatoms. The highest BCUT2D eigenvalue weighted by molar-refractivity contribution is 14.0. The summed E-state index contributed by atoms with van der Waals surface area (Å²) in [5.74, 6) is 2.92. The number of carbonyl (C=O) groups excluding carboxylic acids is 1. The highest BCUT2D eigenvalue weighted by Crippen LogP contribution is 2.13. The topological polar surface area (TPSA) is 105 Å². The van der Waals surface area contributed by atoms with Crippen molar-refractivity contribution in [3.63, 3.8) is 0 Å². The van der Waals surface area contributed by atoms with Gasteiger partial charge < -0.3 is 20.7 Å². The van der Waals surface area contributed by atoms with Crippen molar-refractivity contribution in [2.75, 3.05) is 13.6 Å². The number of ether oxygens (including phenoxy) is 1. The van der Waals surface area contributed by atoms with Crippen molar-refractivity contribution >= 4 is 36.0 Å². The van der Waals surface area contributed by atoms with Crippen LogP contribution in [0.25, 0.3) is 0 Å².